The highest BCUT2D eigenvalue weighted by molar-refractivity contribution is 5.94. The molecule has 0 bridgehead atoms. The molecule has 3 aliphatic rings. The third kappa shape index (κ3) is 4.17. The van der Waals surface area contributed by atoms with Gasteiger partial charge in [-0.15, -0.1) is 0 Å². The number of carbonyl (C=O) groups is 2. The maximum atomic E-state index is 12.9. The molecular weight excluding hydrogens is 352 g/mol. The summed E-state index contributed by atoms with van der Waals surface area (Å²) in [6, 6.07) is 7.83. The molecular formula is C22H32N4O2. The van der Waals surface area contributed by atoms with Crippen LogP contribution in [0.4, 0.5) is 5.69 Å². The molecule has 28 heavy (non-hydrogen) atoms. The number of nitrogens with zero attached hydrogens (tertiary/aromatic N) is 4. The molecule has 2 heterocycles. The van der Waals surface area contributed by atoms with Gasteiger partial charge in [0.25, 0.3) is 5.91 Å². The molecule has 3 fully saturated rings. The van der Waals surface area contributed by atoms with E-state index < -0.39 is 0 Å². The predicted molar refractivity (Wildman–Crippen MR) is 111 cm³/mol. The summed E-state index contributed by atoms with van der Waals surface area (Å²) in [4.78, 5) is 34.1. The summed E-state index contributed by atoms with van der Waals surface area (Å²) in [6.45, 7) is 5.00. The van der Waals surface area contributed by atoms with Crippen LogP contribution in [0, 0.1) is 5.92 Å². The quantitative estimate of drug-likeness (QED) is 0.778. The number of hydrogen-bond donors (Lipinski definition) is 0. The highest BCUT2D eigenvalue weighted by Gasteiger charge is 2.38. The lowest BCUT2D eigenvalue weighted by molar-refractivity contribution is -0.132. The van der Waals surface area contributed by atoms with Crippen LogP contribution >= 0.6 is 0 Å². The minimum absolute atomic E-state index is 0.0215. The molecule has 2 aliphatic heterocycles. The number of rotatable bonds is 5. The Morgan fingerprint density at radius 3 is 2.43 bits per heavy atom. The zero-order chi connectivity index (χ0) is 19.7. The summed E-state index contributed by atoms with van der Waals surface area (Å²) in [6.07, 6.45) is 4.43. The SMILES string of the molecule is CN(C)c1ccc(C(=O)N2CCCN([C@H]3CCN(CC4CC4)C3=O)CC2)cc1. The Kier molecular flexibility index (Phi) is 5.58. The first kappa shape index (κ1) is 19.2. The molecule has 0 N–H and O–H groups in total. The van der Waals surface area contributed by atoms with E-state index >= 15 is 0 Å². The van der Waals surface area contributed by atoms with E-state index in [0.717, 1.165) is 62.7 Å². The van der Waals surface area contributed by atoms with Crippen molar-refractivity contribution in [2.75, 3.05) is 58.3 Å². The van der Waals surface area contributed by atoms with Crippen molar-refractivity contribution in [1.29, 1.82) is 0 Å². The molecule has 0 aromatic heterocycles. The molecule has 1 atom stereocenters. The van der Waals surface area contributed by atoms with Gasteiger partial charge < -0.3 is 14.7 Å². The van der Waals surface area contributed by atoms with E-state index in [0.29, 0.717) is 12.5 Å². The van der Waals surface area contributed by atoms with Gasteiger partial charge in [-0.3, -0.25) is 14.5 Å². The van der Waals surface area contributed by atoms with Gasteiger partial charge in [0.05, 0.1) is 6.04 Å². The standard InChI is InChI=1S/C22H32N4O2/c1-23(2)19-8-6-18(7-9-19)21(27)25-12-3-11-24(14-15-25)20-10-13-26(22(20)28)16-17-4-5-17/h6-9,17,20H,3-5,10-16H2,1-2H3/t20-/m0/s1. The lowest BCUT2D eigenvalue weighted by atomic mass is 10.1. The Morgan fingerprint density at radius 1 is 1.00 bits per heavy atom. The zero-order valence-electron chi connectivity index (χ0n) is 17.1. The Hall–Kier alpha value is -2.08. The summed E-state index contributed by atoms with van der Waals surface area (Å²) < 4.78 is 0. The Labute approximate surface area is 168 Å². The number of carbonyl (C=O) groups excluding carboxylic acids is 2. The van der Waals surface area contributed by atoms with Crippen LogP contribution in [0.2, 0.25) is 0 Å². The van der Waals surface area contributed by atoms with E-state index in [-0.39, 0.29) is 11.9 Å². The Morgan fingerprint density at radius 2 is 1.75 bits per heavy atom. The van der Waals surface area contributed by atoms with Gasteiger partial charge in [-0.05, 0) is 55.9 Å². The third-order valence-corrected chi connectivity index (χ3v) is 6.33. The van der Waals surface area contributed by atoms with Crippen molar-refractivity contribution in [3.63, 3.8) is 0 Å². The summed E-state index contributed by atoms with van der Waals surface area (Å²) >= 11 is 0. The maximum absolute atomic E-state index is 12.9. The normalized spacial score (nSPS) is 23.8. The Bertz CT molecular complexity index is 714. The first-order valence-corrected chi connectivity index (χ1v) is 10.6. The van der Waals surface area contributed by atoms with E-state index in [4.69, 9.17) is 0 Å². The summed E-state index contributed by atoms with van der Waals surface area (Å²) in [7, 11) is 3.99. The molecule has 2 saturated heterocycles. The summed E-state index contributed by atoms with van der Waals surface area (Å²) in [5.74, 6) is 1.16. The average Bonchev–Trinajstić information content (AvgIpc) is 3.48. The van der Waals surface area contributed by atoms with Crippen LogP contribution in [-0.4, -0.2) is 85.9 Å². The van der Waals surface area contributed by atoms with Gasteiger partial charge in [-0.2, -0.15) is 0 Å². The van der Waals surface area contributed by atoms with Crippen molar-refractivity contribution in [2.45, 2.75) is 31.7 Å². The lowest BCUT2D eigenvalue weighted by Crippen LogP contribution is -2.44. The van der Waals surface area contributed by atoms with Crippen LogP contribution in [0.25, 0.3) is 0 Å². The first-order valence-electron chi connectivity index (χ1n) is 10.6. The highest BCUT2D eigenvalue weighted by Crippen LogP contribution is 2.31. The molecule has 152 valence electrons. The van der Waals surface area contributed by atoms with Gasteiger partial charge in [-0.25, -0.2) is 0 Å². The number of benzene rings is 1. The van der Waals surface area contributed by atoms with Crippen LogP contribution in [0.3, 0.4) is 0 Å². The molecule has 1 saturated carbocycles. The second-order valence-electron chi connectivity index (χ2n) is 8.66. The summed E-state index contributed by atoms with van der Waals surface area (Å²) in [5.41, 5.74) is 1.83. The molecule has 0 unspecified atom stereocenters. The van der Waals surface area contributed by atoms with E-state index in [9.17, 15) is 9.59 Å². The van der Waals surface area contributed by atoms with Crippen molar-refractivity contribution >= 4 is 17.5 Å². The molecule has 2 amide bonds. The van der Waals surface area contributed by atoms with Gasteiger partial charge in [0.2, 0.25) is 5.91 Å². The van der Waals surface area contributed by atoms with Gasteiger partial charge in [0.15, 0.2) is 0 Å². The van der Waals surface area contributed by atoms with Crippen LogP contribution < -0.4 is 4.90 Å². The molecule has 4 rings (SSSR count). The van der Waals surface area contributed by atoms with Gasteiger partial charge in [0.1, 0.15) is 0 Å². The molecule has 1 aromatic rings. The van der Waals surface area contributed by atoms with Crippen LogP contribution in [0.15, 0.2) is 24.3 Å². The minimum Gasteiger partial charge on any atom is -0.378 e. The van der Waals surface area contributed by atoms with Crippen molar-refractivity contribution in [3.8, 4) is 0 Å². The van der Waals surface area contributed by atoms with Crippen molar-refractivity contribution in [2.24, 2.45) is 5.92 Å². The topological polar surface area (TPSA) is 47.1 Å². The number of hydrogen-bond acceptors (Lipinski definition) is 4. The van der Waals surface area contributed by atoms with Crippen LogP contribution in [-0.2, 0) is 4.79 Å². The largest absolute Gasteiger partial charge is 0.378 e. The predicted octanol–water partition coefficient (Wildman–Crippen LogP) is 1.91. The Balaban J connectivity index is 1.34. The molecule has 0 spiro atoms. The van der Waals surface area contributed by atoms with Gasteiger partial charge >= 0.3 is 0 Å². The highest BCUT2D eigenvalue weighted by atomic mass is 16.2. The second kappa shape index (κ2) is 8.11. The lowest BCUT2D eigenvalue weighted by Gasteiger charge is -2.26. The fraction of sp³-hybridized carbons (Fsp3) is 0.636. The second-order valence-corrected chi connectivity index (χ2v) is 8.66. The monoisotopic (exact) mass is 384 g/mol. The number of likely N-dealkylation sites (tertiary alicyclic amines) is 1. The van der Waals surface area contributed by atoms with Crippen molar-refractivity contribution in [1.82, 2.24) is 14.7 Å². The smallest absolute Gasteiger partial charge is 0.253 e. The van der Waals surface area contributed by atoms with Gasteiger partial charge in [0, 0.05) is 64.6 Å². The first-order chi connectivity index (χ1) is 13.5. The minimum atomic E-state index is 0.0215. The average molecular weight is 385 g/mol. The molecule has 1 aliphatic carbocycles. The van der Waals surface area contributed by atoms with Crippen molar-refractivity contribution in [3.05, 3.63) is 29.8 Å². The molecule has 6 heteroatoms. The molecule has 6 nitrogen and oxygen atoms in total. The fourth-order valence-electron chi connectivity index (χ4n) is 4.39. The summed E-state index contributed by atoms with van der Waals surface area (Å²) in [5, 5.41) is 0. The van der Waals surface area contributed by atoms with Gasteiger partial charge in [-0.1, -0.05) is 0 Å². The maximum Gasteiger partial charge on any atom is 0.253 e. The number of anilines is 1. The van der Waals surface area contributed by atoms with E-state index in [2.05, 4.69) is 9.80 Å². The van der Waals surface area contributed by atoms with Crippen LogP contribution in [0.5, 0.6) is 0 Å². The van der Waals surface area contributed by atoms with Crippen molar-refractivity contribution < 1.29 is 9.59 Å². The van der Waals surface area contributed by atoms with Crippen LogP contribution in [0.1, 0.15) is 36.0 Å². The zero-order valence-corrected chi connectivity index (χ0v) is 17.1. The number of amides is 2. The molecule has 0 radical (unpaired) electrons. The molecule has 1 aromatic carbocycles. The van der Waals surface area contributed by atoms with E-state index in [1.807, 2.05) is 48.2 Å². The van der Waals surface area contributed by atoms with E-state index in [1.165, 1.54) is 12.8 Å². The van der Waals surface area contributed by atoms with E-state index in [1.54, 1.807) is 0 Å². The third-order valence-electron chi connectivity index (χ3n) is 6.33. The fourth-order valence-corrected chi connectivity index (χ4v) is 4.39.